The Morgan fingerprint density at radius 1 is 1.19 bits per heavy atom. The van der Waals surface area contributed by atoms with E-state index in [-0.39, 0.29) is 6.01 Å². The van der Waals surface area contributed by atoms with Gasteiger partial charge in [0.2, 0.25) is 0 Å². The molecule has 3 nitrogen and oxygen atoms in total. The molecule has 0 amide bonds. The summed E-state index contributed by atoms with van der Waals surface area (Å²) >= 11 is 0. The molecule has 2 N–H and O–H groups in total. The lowest BCUT2D eigenvalue weighted by Gasteiger charge is -2.09. The van der Waals surface area contributed by atoms with E-state index >= 15 is 0 Å². The molecule has 0 saturated heterocycles. The second-order valence-electron chi connectivity index (χ2n) is 4.22. The van der Waals surface area contributed by atoms with Crippen molar-refractivity contribution in [2.75, 3.05) is 5.73 Å². The monoisotopic (exact) mass is 216 g/mol. The van der Waals surface area contributed by atoms with Crippen molar-refractivity contribution >= 4 is 6.01 Å². The minimum absolute atomic E-state index is 0.234. The number of benzene rings is 1. The normalized spacial score (nSPS) is 10.7. The Morgan fingerprint density at radius 2 is 1.81 bits per heavy atom. The van der Waals surface area contributed by atoms with Gasteiger partial charge in [0.25, 0.3) is 6.01 Å². The molecule has 1 aromatic heterocycles. The zero-order chi connectivity index (χ0) is 11.7. The number of anilines is 1. The molecule has 2 aromatic rings. The summed E-state index contributed by atoms with van der Waals surface area (Å²) in [6.45, 7) is 6.35. The number of aromatic nitrogens is 1. The first-order valence-corrected chi connectivity index (χ1v) is 5.33. The van der Waals surface area contributed by atoms with Crippen LogP contribution in [0.4, 0.5) is 6.01 Å². The van der Waals surface area contributed by atoms with Crippen molar-refractivity contribution < 1.29 is 4.42 Å². The van der Waals surface area contributed by atoms with Crippen LogP contribution in [-0.4, -0.2) is 4.98 Å². The highest BCUT2D eigenvalue weighted by molar-refractivity contribution is 5.39. The fraction of sp³-hybridized carbons (Fsp3) is 0.308. The van der Waals surface area contributed by atoms with Crippen molar-refractivity contribution in [3.63, 3.8) is 0 Å². The Hall–Kier alpha value is -1.77. The minimum atomic E-state index is 0.234. The van der Waals surface area contributed by atoms with E-state index in [0.717, 1.165) is 12.2 Å². The predicted octanol–water partition coefficient (Wildman–Crippen LogP) is 2.77. The van der Waals surface area contributed by atoms with Crippen LogP contribution in [0, 0.1) is 20.8 Å². The van der Waals surface area contributed by atoms with Gasteiger partial charge >= 0.3 is 0 Å². The Kier molecular flexibility index (Phi) is 2.69. The van der Waals surface area contributed by atoms with Crippen LogP contribution in [0.25, 0.3) is 0 Å². The number of hydrogen-bond donors (Lipinski definition) is 1. The molecule has 0 aliphatic rings. The Balaban J connectivity index is 2.34. The number of nitrogen functional groups attached to an aromatic ring is 1. The van der Waals surface area contributed by atoms with E-state index in [0.29, 0.717) is 0 Å². The molecule has 0 atom stereocenters. The molecule has 1 aromatic carbocycles. The molecular formula is C13H16N2O. The summed E-state index contributed by atoms with van der Waals surface area (Å²) in [5, 5.41) is 0. The van der Waals surface area contributed by atoms with Gasteiger partial charge in [-0.3, -0.25) is 0 Å². The summed E-state index contributed by atoms with van der Waals surface area (Å²) < 4.78 is 5.29. The maximum absolute atomic E-state index is 5.45. The van der Waals surface area contributed by atoms with E-state index < -0.39 is 0 Å². The van der Waals surface area contributed by atoms with Gasteiger partial charge in [0.05, 0.1) is 6.20 Å². The van der Waals surface area contributed by atoms with Crippen LogP contribution in [-0.2, 0) is 6.42 Å². The molecule has 16 heavy (non-hydrogen) atoms. The largest absolute Gasteiger partial charge is 0.429 e. The van der Waals surface area contributed by atoms with Gasteiger partial charge in [-0.05, 0) is 37.5 Å². The average Bonchev–Trinajstić information content (AvgIpc) is 2.58. The Bertz CT molecular complexity index is 491. The van der Waals surface area contributed by atoms with Crippen molar-refractivity contribution in [1.29, 1.82) is 0 Å². The average molecular weight is 216 g/mol. The van der Waals surface area contributed by atoms with Gasteiger partial charge in [0, 0.05) is 6.42 Å². The smallest absolute Gasteiger partial charge is 0.292 e. The van der Waals surface area contributed by atoms with Crippen LogP contribution in [0.1, 0.15) is 28.0 Å². The number of nitrogens with two attached hydrogens (primary N) is 1. The quantitative estimate of drug-likeness (QED) is 0.839. The summed E-state index contributed by atoms with van der Waals surface area (Å²) in [6, 6.07) is 4.60. The molecule has 0 spiro atoms. The molecule has 84 valence electrons. The van der Waals surface area contributed by atoms with Crippen LogP contribution in [0.2, 0.25) is 0 Å². The fourth-order valence-corrected chi connectivity index (χ4v) is 2.07. The topological polar surface area (TPSA) is 52.0 Å². The highest BCUT2D eigenvalue weighted by Crippen LogP contribution is 2.20. The highest BCUT2D eigenvalue weighted by Gasteiger charge is 2.08. The zero-order valence-corrected chi connectivity index (χ0v) is 9.87. The van der Waals surface area contributed by atoms with E-state index in [9.17, 15) is 0 Å². The van der Waals surface area contributed by atoms with Crippen molar-refractivity contribution in [1.82, 2.24) is 4.98 Å². The number of rotatable bonds is 2. The molecule has 0 aliphatic heterocycles. The summed E-state index contributed by atoms with van der Waals surface area (Å²) in [7, 11) is 0. The minimum Gasteiger partial charge on any atom is -0.429 e. The molecule has 0 bridgehead atoms. The van der Waals surface area contributed by atoms with Gasteiger partial charge in [-0.15, -0.1) is 0 Å². The van der Waals surface area contributed by atoms with Gasteiger partial charge in [-0.1, -0.05) is 17.7 Å². The van der Waals surface area contributed by atoms with E-state index in [1.807, 2.05) is 0 Å². The van der Waals surface area contributed by atoms with Crippen LogP contribution in [0.3, 0.4) is 0 Å². The van der Waals surface area contributed by atoms with Gasteiger partial charge in [0.1, 0.15) is 5.76 Å². The number of oxazole rings is 1. The molecule has 0 aliphatic carbocycles. The fourth-order valence-electron chi connectivity index (χ4n) is 2.07. The van der Waals surface area contributed by atoms with E-state index in [1.165, 1.54) is 22.3 Å². The van der Waals surface area contributed by atoms with Crippen molar-refractivity contribution in [3.8, 4) is 0 Å². The van der Waals surface area contributed by atoms with E-state index in [4.69, 9.17) is 10.2 Å². The van der Waals surface area contributed by atoms with Crippen molar-refractivity contribution in [3.05, 3.63) is 46.3 Å². The van der Waals surface area contributed by atoms with Crippen LogP contribution < -0.4 is 5.73 Å². The third-order valence-electron chi connectivity index (χ3n) is 2.76. The Labute approximate surface area is 95.3 Å². The van der Waals surface area contributed by atoms with Gasteiger partial charge < -0.3 is 10.2 Å². The number of nitrogens with zero attached hydrogens (tertiary/aromatic N) is 1. The van der Waals surface area contributed by atoms with E-state index in [1.54, 1.807) is 6.20 Å². The molecule has 0 saturated carbocycles. The molecule has 0 unspecified atom stereocenters. The standard InChI is InChI=1S/C13H16N2O/c1-8-4-9(2)12(10(3)5-8)6-11-7-15-13(14)16-11/h4-5,7H,6H2,1-3H3,(H2,14,15). The van der Waals surface area contributed by atoms with Crippen LogP contribution >= 0.6 is 0 Å². The highest BCUT2D eigenvalue weighted by atomic mass is 16.4. The van der Waals surface area contributed by atoms with Gasteiger partial charge in [-0.2, -0.15) is 0 Å². The maximum Gasteiger partial charge on any atom is 0.292 e. The first-order valence-electron chi connectivity index (χ1n) is 5.33. The van der Waals surface area contributed by atoms with Crippen LogP contribution in [0.5, 0.6) is 0 Å². The first-order chi connectivity index (χ1) is 7.56. The molecule has 0 radical (unpaired) electrons. The first kappa shape index (κ1) is 10.7. The third-order valence-corrected chi connectivity index (χ3v) is 2.76. The summed E-state index contributed by atoms with van der Waals surface area (Å²) in [5.74, 6) is 0.813. The summed E-state index contributed by atoms with van der Waals surface area (Å²) in [5.41, 5.74) is 10.6. The second-order valence-corrected chi connectivity index (χ2v) is 4.22. The number of aryl methyl sites for hydroxylation is 3. The summed E-state index contributed by atoms with van der Waals surface area (Å²) in [6.07, 6.45) is 2.44. The van der Waals surface area contributed by atoms with Crippen molar-refractivity contribution in [2.45, 2.75) is 27.2 Å². The zero-order valence-electron chi connectivity index (χ0n) is 9.87. The molecule has 3 heteroatoms. The third kappa shape index (κ3) is 2.08. The van der Waals surface area contributed by atoms with Crippen molar-refractivity contribution in [2.24, 2.45) is 0 Å². The Morgan fingerprint density at radius 3 is 2.31 bits per heavy atom. The predicted molar refractivity (Wildman–Crippen MR) is 64.4 cm³/mol. The number of hydrogen-bond acceptors (Lipinski definition) is 3. The molecule has 0 fully saturated rings. The second kappa shape index (κ2) is 4.00. The molecular weight excluding hydrogens is 200 g/mol. The molecule has 1 heterocycles. The lowest BCUT2D eigenvalue weighted by Crippen LogP contribution is -1.95. The van der Waals surface area contributed by atoms with E-state index in [2.05, 4.69) is 37.9 Å². The molecule has 2 rings (SSSR count). The lowest BCUT2D eigenvalue weighted by molar-refractivity contribution is 0.534. The SMILES string of the molecule is Cc1cc(C)c(Cc2cnc(N)o2)c(C)c1. The lowest BCUT2D eigenvalue weighted by atomic mass is 9.97. The van der Waals surface area contributed by atoms with Gasteiger partial charge in [0.15, 0.2) is 0 Å². The summed E-state index contributed by atoms with van der Waals surface area (Å²) in [4.78, 5) is 3.90. The maximum atomic E-state index is 5.45. The van der Waals surface area contributed by atoms with Gasteiger partial charge in [-0.25, -0.2) is 4.98 Å². The van der Waals surface area contributed by atoms with Crippen LogP contribution in [0.15, 0.2) is 22.7 Å².